The highest BCUT2D eigenvalue weighted by atomic mass is 16.1. The Balaban J connectivity index is 1.70. The molecule has 1 fully saturated rings. The second-order valence-corrected chi connectivity index (χ2v) is 7.28. The van der Waals surface area contributed by atoms with Crippen LogP contribution in [-0.2, 0) is 6.42 Å². The molecule has 2 aromatic carbocycles. The SMILES string of the molecule is Cc1cccc(C(=O)/C=C/C2=C(N3CCCC3)CCc3ccccc32)c1. The van der Waals surface area contributed by atoms with E-state index in [1.54, 1.807) is 6.08 Å². The van der Waals surface area contributed by atoms with Crippen LogP contribution in [-0.4, -0.2) is 23.8 Å². The van der Waals surface area contributed by atoms with Crippen LogP contribution in [0.4, 0.5) is 0 Å². The van der Waals surface area contributed by atoms with Gasteiger partial charge in [-0.25, -0.2) is 0 Å². The molecule has 0 saturated carbocycles. The van der Waals surface area contributed by atoms with E-state index >= 15 is 0 Å². The zero-order chi connectivity index (χ0) is 17.9. The highest BCUT2D eigenvalue weighted by Crippen LogP contribution is 2.35. The van der Waals surface area contributed by atoms with Gasteiger partial charge in [0.25, 0.3) is 0 Å². The van der Waals surface area contributed by atoms with Crippen molar-refractivity contribution in [3.8, 4) is 0 Å². The minimum Gasteiger partial charge on any atom is -0.374 e. The monoisotopic (exact) mass is 343 g/mol. The van der Waals surface area contributed by atoms with Crippen LogP contribution in [0, 0.1) is 6.92 Å². The minimum atomic E-state index is 0.0741. The van der Waals surface area contributed by atoms with E-state index in [4.69, 9.17) is 0 Å². The van der Waals surface area contributed by atoms with Crippen molar-refractivity contribution in [1.82, 2.24) is 4.90 Å². The first-order valence-electron chi connectivity index (χ1n) is 9.58. The molecule has 0 N–H and O–H groups in total. The molecule has 0 spiro atoms. The van der Waals surface area contributed by atoms with Crippen molar-refractivity contribution in [3.05, 3.63) is 88.6 Å². The molecule has 0 bridgehead atoms. The Morgan fingerprint density at radius 3 is 2.62 bits per heavy atom. The Morgan fingerprint density at radius 1 is 1.00 bits per heavy atom. The summed E-state index contributed by atoms with van der Waals surface area (Å²) in [4.78, 5) is 15.2. The topological polar surface area (TPSA) is 20.3 Å². The third kappa shape index (κ3) is 3.37. The van der Waals surface area contributed by atoms with Crippen molar-refractivity contribution in [1.29, 1.82) is 0 Å². The molecule has 0 amide bonds. The second kappa shape index (κ2) is 7.33. The summed E-state index contributed by atoms with van der Waals surface area (Å²) in [5.74, 6) is 0.0741. The van der Waals surface area contributed by atoms with E-state index in [9.17, 15) is 4.79 Å². The Bertz CT molecular complexity index is 885. The van der Waals surface area contributed by atoms with Gasteiger partial charge in [-0.05, 0) is 62.0 Å². The summed E-state index contributed by atoms with van der Waals surface area (Å²) in [5, 5.41) is 0. The Labute approximate surface area is 155 Å². The number of benzene rings is 2. The van der Waals surface area contributed by atoms with Crippen molar-refractivity contribution in [2.45, 2.75) is 32.6 Å². The molecule has 1 aliphatic heterocycles. The molecule has 132 valence electrons. The van der Waals surface area contributed by atoms with Crippen LogP contribution in [0.1, 0.15) is 46.3 Å². The van der Waals surface area contributed by atoms with E-state index in [-0.39, 0.29) is 5.78 Å². The summed E-state index contributed by atoms with van der Waals surface area (Å²) < 4.78 is 0. The van der Waals surface area contributed by atoms with Gasteiger partial charge in [0.1, 0.15) is 0 Å². The Hall–Kier alpha value is -2.61. The van der Waals surface area contributed by atoms with Gasteiger partial charge in [0.2, 0.25) is 0 Å². The standard InChI is InChI=1S/C24H25NO/c1-18-7-6-9-20(17-18)24(26)14-12-22-21-10-3-2-8-19(21)11-13-23(22)25-15-4-5-16-25/h2-3,6-10,12,14,17H,4-5,11,13,15-16H2,1H3/b14-12+. The highest BCUT2D eigenvalue weighted by molar-refractivity contribution is 6.06. The van der Waals surface area contributed by atoms with Gasteiger partial charge in [0.05, 0.1) is 0 Å². The first-order chi connectivity index (χ1) is 12.7. The molecule has 2 aromatic rings. The predicted octanol–water partition coefficient (Wildman–Crippen LogP) is 5.19. The average Bonchev–Trinajstić information content (AvgIpc) is 3.20. The van der Waals surface area contributed by atoms with Crippen molar-refractivity contribution < 1.29 is 4.79 Å². The Morgan fingerprint density at radius 2 is 1.81 bits per heavy atom. The minimum absolute atomic E-state index is 0.0741. The molecule has 2 heteroatoms. The lowest BCUT2D eigenvalue weighted by Gasteiger charge is -2.29. The summed E-state index contributed by atoms with van der Waals surface area (Å²) >= 11 is 0. The van der Waals surface area contributed by atoms with Crippen LogP contribution >= 0.6 is 0 Å². The van der Waals surface area contributed by atoms with Crippen LogP contribution < -0.4 is 0 Å². The van der Waals surface area contributed by atoms with E-state index in [2.05, 4.69) is 35.2 Å². The zero-order valence-electron chi connectivity index (χ0n) is 15.4. The van der Waals surface area contributed by atoms with Gasteiger partial charge in [0.15, 0.2) is 5.78 Å². The van der Waals surface area contributed by atoms with E-state index in [1.165, 1.54) is 35.2 Å². The van der Waals surface area contributed by atoms with E-state index in [0.29, 0.717) is 0 Å². The molecule has 0 aromatic heterocycles. The van der Waals surface area contributed by atoms with E-state index < -0.39 is 0 Å². The maximum atomic E-state index is 12.7. The lowest BCUT2D eigenvalue weighted by Crippen LogP contribution is -2.22. The number of carbonyl (C=O) groups excluding carboxylic acids is 1. The molecule has 2 nitrogen and oxygen atoms in total. The molecule has 2 aliphatic rings. The number of nitrogens with zero attached hydrogens (tertiary/aromatic N) is 1. The first kappa shape index (κ1) is 16.8. The molecule has 1 aliphatic carbocycles. The third-order valence-corrected chi connectivity index (χ3v) is 5.44. The fourth-order valence-corrected chi connectivity index (χ4v) is 4.10. The number of rotatable bonds is 4. The fourth-order valence-electron chi connectivity index (χ4n) is 4.10. The summed E-state index contributed by atoms with van der Waals surface area (Å²) in [6, 6.07) is 16.4. The van der Waals surface area contributed by atoms with Crippen molar-refractivity contribution in [2.75, 3.05) is 13.1 Å². The maximum absolute atomic E-state index is 12.7. The van der Waals surface area contributed by atoms with Gasteiger partial charge >= 0.3 is 0 Å². The fraction of sp³-hybridized carbons (Fsp3) is 0.292. The number of likely N-dealkylation sites (tertiary alicyclic amines) is 1. The summed E-state index contributed by atoms with van der Waals surface area (Å²) in [6.45, 7) is 4.30. The highest BCUT2D eigenvalue weighted by Gasteiger charge is 2.23. The number of fused-ring (bicyclic) bond motifs is 1. The normalized spacial score (nSPS) is 17.0. The number of allylic oxidation sites excluding steroid dienone is 4. The van der Waals surface area contributed by atoms with Crippen molar-refractivity contribution in [3.63, 3.8) is 0 Å². The summed E-state index contributed by atoms with van der Waals surface area (Å²) in [6.07, 6.45) is 8.49. The molecular weight excluding hydrogens is 318 g/mol. The lowest BCUT2D eigenvalue weighted by atomic mass is 9.87. The van der Waals surface area contributed by atoms with Crippen molar-refractivity contribution in [2.24, 2.45) is 0 Å². The maximum Gasteiger partial charge on any atom is 0.185 e. The van der Waals surface area contributed by atoms with Crippen LogP contribution in [0.2, 0.25) is 0 Å². The number of aryl methyl sites for hydroxylation is 2. The van der Waals surface area contributed by atoms with Gasteiger partial charge in [-0.2, -0.15) is 0 Å². The molecule has 0 radical (unpaired) electrons. The molecule has 26 heavy (non-hydrogen) atoms. The molecular formula is C24H25NO. The number of carbonyl (C=O) groups is 1. The average molecular weight is 343 g/mol. The van der Waals surface area contributed by atoms with Crippen LogP contribution in [0.5, 0.6) is 0 Å². The van der Waals surface area contributed by atoms with E-state index in [0.717, 1.165) is 37.1 Å². The van der Waals surface area contributed by atoms with Crippen LogP contribution in [0.15, 0.2) is 66.4 Å². The molecule has 0 unspecified atom stereocenters. The molecule has 0 atom stereocenters. The predicted molar refractivity (Wildman–Crippen MR) is 107 cm³/mol. The van der Waals surface area contributed by atoms with Crippen molar-refractivity contribution >= 4 is 11.4 Å². The quantitative estimate of drug-likeness (QED) is 0.563. The molecule has 4 rings (SSSR count). The molecule has 1 saturated heterocycles. The van der Waals surface area contributed by atoms with Gasteiger partial charge < -0.3 is 4.90 Å². The van der Waals surface area contributed by atoms with Crippen LogP contribution in [0.3, 0.4) is 0 Å². The smallest absolute Gasteiger partial charge is 0.185 e. The summed E-state index contributed by atoms with van der Waals surface area (Å²) in [5.41, 5.74) is 7.19. The third-order valence-electron chi connectivity index (χ3n) is 5.44. The largest absolute Gasteiger partial charge is 0.374 e. The lowest BCUT2D eigenvalue weighted by molar-refractivity contribution is 0.104. The Kier molecular flexibility index (Phi) is 4.75. The zero-order valence-corrected chi connectivity index (χ0v) is 15.4. The summed E-state index contributed by atoms with van der Waals surface area (Å²) in [7, 11) is 0. The van der Waals surface area contributed by atoms with Gasteiger partial charge in [-0.15, -0.1) is 0 Å². The second-order valence-electron chi connectivity index (χ2n) is 7.28. The van der Waals surface area contributed by atoms with Crippen LogP contribution in [0.25, 0.3) is 5.57 Å². The number of hydrogen-bond donors (Lipinski definition) is 0. The number of hydrogen-bond acceptors (Lipinski definition) is 2. The van der Waals surface area contributed by atoms with Gasteiger partial charge in [-0.1, -0.05) is 48.0 Å². The van der Waals surface area contributed by atoms with Gasteiger partial charge in [-0.3, -0.25) is 4.79 Å². The molecule has 1 heterocycles. The number of ketones is 1. The van der Waals surface area contributed by atoms with E-state index in [1.807, 2.05) is 31.2 Å². The van der Waals surface area contributed by atoms with Gasteiger partial charge in [0, 0.05) is 29.9 Å². The first-order valence-corrected chi connectivity index (χ1v) is 9.58.